The summed E-state index contributed by atoms with van der Waals surface area (Å²) in [6.07, 6.45) is 3.01. The van der Waals surface area contributed by atoms with Gasteiger partial charge in [-0.1, -0.05) is 29.8 Å². The lowest BCUT2D eigenvalue weighted by Gasteiger charge is -2.04. The molecule has 1 aromatic carbocycles. The summed E-state index contributed by atoms with van der Waals surface area (Å²) in [5, 5.41) is 24.3. The molecular formula is C15H13ClN6O4. The zero-order valence-electron chi connectivity index (χ0n) is 13.5. The summed E-state index contributed by atoms with van der Waals surface area (Å²) >= 11 is 6.11. The van der Waals surface area contributed by atoms with Gasteiger partial charge in [0.05, 0.1) is 30.5 Å². The third kappa shape index (κ3) is 3.49. The van der Waals surface area contributed by atoms with Crippen LogP contribution in [0.5, 0.6) is 5.88 Å². The first-order valence-electron chi connectivity index (χ1n) is 7.33. The highest BCUT2D eigenvalue weighted by molar-refractivity contribution is 6.31. The Morgan fingerprint density at radius 1 is 1.46 bits per heavy atom. The Kier molecular flexibility index (Phi) is 4.85. The van der Waals surface area contributed by atoms with Gasteiger partial charge >= 0.3 is 11.6 Å². The highest BCUT2D eigenvalue weighted by atomic mass is 35.5. The summed E-state index contributed by atoms with van der Waals surface area (Å²) < 4.78 is 6.36. The molecule has 0 aliphatic rings. The largest absolute Gasteiger partial charge is 0.475 e. The zero-order chi connectivity index (χ0) is 18.7. The maximum absolute atomic E-state index is 12.3. The molecule has 3 rings (SSSR count). The summed E-state index contributed by atoms with van der Waals surface area (Å²) in [6, 6.07) is 7.32. The van der Waals surface area contributed by atoms with Crippen LogP contribution in [0.4, 0.5) is 11.4 Å². The predicted molar refractivity (Wildman–Crippen MR) is 92.5 cm³/mol. The van der Waals surface area contributed by atoms with Gasteiger partial charge in [0, 0.05) is 11.2 Å². The molecular weight excluding hydrogens is 364 g/mol. The van der Waals surface area contributed by atoms with E-state index in [1.54, 1.807) is 16.9 Å². The van der Waals surface area contributed by atoms with Crippen LogP contribution in [0.3, 0.4) is 0 Å². The van der Waals surface area contributed by atoms with Gasteiger partial charge in [0.15, 0.2) is 0 Å². The number of methoxy groups -OCH3 is 1. The van der Waals surface area contributed by atoms with E-state index in [1.807, 2.05) is 18.2 Å². The SMILES string of the molecule is COc1n[nH]c(C(=O)Nc2cnn(Cc3ccccc3Cl)c2)c1[N+](=O)[O-]. The number of benzene rings is 1. The number of hydrogen-bond acceptors (Lipinski definition) is 6. The van der Waals surface area contributed by atoms with Crippen LogP contribution in [0.2, 0.25) is 5.02 Å². The Labute approximate surface area is 151 Å². The maximum atomic E-state index is 12.3. The highest BCUT2D eigenvalue weighted by Gasteiger charge is 2.30. The van der Waals surface area contributed by atoms with E-state index in [2.05, 4.69) is 20.6 Å². The first-order valence-corrected chi connectivity index (χ1v) is 7.71. The number of hydrogen-bond donors (Lipinski definition) is 2. The van der Waals surface area contributed by atoms with Crippen molar-refractivity contribution in [2.24, 2.45) is 0 Å². The van der Waals surface area contributed by atoms with Gasteiger partial charge in [-0.25, -0.2) is 0 Å². The Morgan fingerprint density at radius 2 is 2.23 bits per heavy atom. The Balaban J connectivity index is 1.75. The lowest BCUT2D eigenvalue weighted by Crippen LogP contribution is -2.14. The van der Waals surface area contributed by atoms with Crippen LogP contribution in [0.1, 0.15) is 16.1 Å². The summed E-state index contributed by atoms with van der Waals surface area (Å²) in [6.45, 7) is 0.410. The van der Waals surface area contributed by atoms with Gasteiger partial charge < -0.3 is 10.1 Å². The number of carbonyl (C=O) groups is 1. The molecule has 0 fully saturated rings. The lowest BCUT2D eigenvalue weighted by atomic mass is 10.2. The molecule has 3 aromatic rings. The molecule has 0 saturated heterocycles. The molecule has 0 aliphatic carbocycles. The number of anilines is 1. The number of nitrogens with zero attached hydrogens (tertiary/aromatic N) is 4. The molecule has 0 unspecified atom stereocenters. The van der Waals surface area contributed by atoms with Gasteiger partial charge in [0.1, 0.15) is 0 Å². The van der Waals surface area contributed by atoms with Crippen molar-refractivity contribution in [2.45, 2.75) is 6.54 Å². The topological polar surface area (TPSA) is 128 Å². The van der Waals surface area contributed by atoms with Crippen LogP contribution < -0.4 is 10.1 Å². The molecule has 11 heteroatoms. The summed E-state index contributed by atoms with van der Waals surface area (Å²) in [5.41, 5.74) is 0.383. The summed E-state index contributed by atoms with van der Waals surface area (Å²) in [4.78, 5) is 22.7. The lowest BCUT2D eigenvalue weighted by molar-refractivity contribution is -0.386. The van der Waals surface area contributed by atoms with E-state index >= 15 is 0 Å². The number of carbonyl (C=O) groups excluding carboxylic acids is 1. The number of nitro groups is 1. The number of nitrogens with one attached hydrogen (secondary N) is 2. The smallest absolute Gasteiger partial charge is 0.362 e. The molecule has 26 heavy (non-hydrogen) atoms. The third-order valence-corrected chi connectivity index (χ3v) is 3.86. The molecule has 134 valence electrons. The van der Waals surface area contributed by atoms with Crippen LogP contribution >= 0.6 is 11.6 Å². The van der Waals surface area contributed by atoms with Crippen LogP contribution in [0.25, 0.3) is 0 Å². The molecule has 0 spiro atoms. The average molecular weight is 377 g/mol. The Morgan fingerprint density at radius 3 is 2.92 bits per heavy atom. The molecule has 0 aliphatic heterocycles. The van der Waals surface area contributed by atoms with E-state index in [0.717, 1.165) is 5.56 Å². The van der Waals surface area contributed by atoms with E-state index in [9.17, 15) is 14.9 Å². The van der Waals surface area contributed by atoms with E-state index in [1.165, 1.54) is 13.3 Å². The van der Waals surface area contributed by atoms with Crippen molar-refractivity contribution in [1.29, 1.82) is 0 Å². The van der Waals surface area contributed by atoms with Crippen molar-refractivity contribution in [3.8, 4) is 5.88 Å². The number of halogens is 1. The van der Waals surface area contributed by atoms with Gasteiger partial charge in [-0.05, 0) is 11.6 Å². The standard InChI is InChI=1S/C15H13ClN6O4/c1-26-15-13(22(24)25)12(19-20-15)14(23)18-10-6-17-21(8-10)7-9-4-2-3-5-11(9)16/h2-6,8H,7H2,1H3,(H,18,23)(H,19,20). The van der Waals surface area contributed by atoms with Gasteiger partial charge in [-0.15, -0.1) is 5.10 Å². The molecule has 0 bridgehead atoms. The number of aromatic nitrogens is 4. The quantitative estimate of drug-likeness (QED) is 0.502. The van der Waals surface area contributed by atoms with Crippen molar-refractivity contribution in [1.82, 2.24) is 20.0 Å². The number of ether oxygens (including phenoxy) is 1. The van der Waals surface area contributed by atoms with E-state index < -0.39 is 16.5 Å². The average Bonchev–Trinajstić information content (AvgIpc) is 3.23. The van der Waals surface area contributed by atoms with E-state index in [4.69, 9.17) is 16.3 Å². The highest BCUT2D eigenvalue weighted by Crippen LogP contribution is 2.28. The minimum atomic E-state index is -0.738. The molecule has 0 atom stereocenters. The molecule has 2 heterocycles. The normalized spacial score (nSPS) is 10.5. The van der Waals surface area contributed by atoms with Crippen LogP contribution in [0, 0.1) is 10.1 Å². The fourth-order valence-corrected chi connectivity index (χ4v) is 2.49. The van der Waals surface area contributed by atoms with Crippen molar-refractivity contribution in [3.63, 3.8) is 0 Å². The number of rotatable bonds is 6. The summed E-state index contributed by atoms with van der Waals surface area (Å²) in [7, 11) is 1.23. The maximum Gasteiger partial charge on any atom is 0.362 e. The molecule has 2 aromatic heterocycles. The van der Waals surface area contributed by atoms with Crippen molar-refractivity contribution in [3.05, 3.63) is 63.1 Å². The third-order valence-electron chi connectivity index (χ3n) is 3.49. The van der Waals surface area contributed by atoms with Crippen LogP contribution in [-0.4, -0.2) is 37.9 Å². The second-order valence-electron chi connectivity index (χ2n) is 5.19. The molecule has 2 N–H and O–H groups in total. The van der Waals surface area contributed by atoms with Crippen molar-refractivity contribution >= 4 is 28.9 Å². The molecule has 0 radical (unpaired) electrons. The van der Waals surface area contributed by atoms with Gasteiger partial charge in [0.25, 0.3) is 5.91 Å². The van der Waals surface area contributed by atoms with Crippen molar-refractivity contribution < 1.29 is 14.5 Å². The van der Waals surface area contributed by atoms with Crippen LogP contribution in [0.15, 0.2) is 36.7 Å². The van der Waals surface area contributed by atoms with Gasteiger partial charge in [-0.2, -0.15) is 5.10 Å². The Hall–Kier alpha value is -3.40. The molecule has 0 saturated carbocycles. The number of H-pyrrole nitrogens is 1. The monoisotopic (exact) mass is 376 g/mol. The minimum Gasteiger partial charge on any atom is -0.475 e. The Bertz CT molecular complexity index is 967. The molecule has 1 amide bonds. The zero-order valence-corrected chi connectivity index (χ0v) is 14.2. The molecule has 10 nitrogen and oxygen atoms in total. The number of aromatic amines is 1. The fraction of sp³-hybridized carbons (Fsp3) is 0.133. The van der Waals surface area contributed by atoms with Crippen LogP contribution in [-0.2, 0) is 6.54 Å². The summed E-state index contributed by atoms with van der Waals surface area (Å²) in [5.74, 6) is -1.00. The first kappa shape index (κ1) is 17.4. The second kappa shape index (κ2) is 7.23. The van der Waals surface area contributed by atoms with E-state index in [0.29, 0.717) is 17.3 Å². The van der Waals surface area contributed by atoms with Gasteiger partial charge in [0.2, 0.25) is 5.69 Å². The minimum absolute atomic E-state index is 0.269. The second-order valence-corrected chi connectivity index (χ2v) is 5.59. The number of amides is 1. The van der Waals surface area contributed by atoms with Gasteiger partial charge in [-0.3, -0.25) is 24.7 Å². The predicted octanol–water partition coefficient (Wildman–Crippen LogP) is 2.48. The first-order chi connectivity index (χ1) is 12.5. The van der Waals surface area contributed by atoms with Crippen molar-refractivity contribution in [2.75, 3.05) is 12.4 Å². The fourth-order valence-electron chi connectivity index (χ4n) is 2.30. The van der Waals surface area contributed by atoms with E-state index in [-0.39, 0.29) is 11.6 Å².